The summed E-state index contributed by atoms with van der Waals surface area (Å²) in [6.45, 7) is 4.12. The molecule has 6 aromatic rings. The molecule has 0 unspecified atom stereocenters. The van der Waals surface area contributed by atoms with Crippen molar-refractivity contribution >= 4 is 16.8 Å². The Balaban J connectivity index is 1.43. The Morgan fingerprint density at radius 1 is 0.575 bits per heavy atom. The molecule has 0 fully saturated rings. The molecule has 0 aliphatic heterocycles. The van der Waals surface area contributed by atoms with E-state index in [1.807, 2.05) is 25.4 Å². The van der Waals surface area contributed by atoms with Crippen LogP contribution < -0.4 is 0 Å². The Morgan fingerprint density at radius 3 is 2.15 bits per heavy atom. The van der Waals surface area contributed by atoms with Gasteiger partial charge < -0.3 is 0 Å². The summed E-state index contributed by atoms with van der Waals surface area (Å²) in [5.41, 5.74) is 14.8. The highest BCUT2D eigenvalue weighted by Gasteiger charge is 2.22. The molecule has 2 heteroatoms. The van der Waals surface area contributed by atoms with Crippen LogP contribution in [0.25, 0.3) is 61.4 Å². The number of benzene rings is 4. The van der Waals surface area contributed by atoms with Crippen molar-refractivity contribution < 1.29 is 0 Å². The summed E-state index contributed by atoms with van der Waals surface area (Å²) in [4.78, 5) is 8.90. The van der Waals surface area contributed by atoms with Crippen LogP contribution in [0, 0.1) is 13.8 Å². The van der Waals surface area contributed by atoms with Crippen molar-refractivity contribution in [1.29, 1.82) is 0 Å². The van der Waals surface area contributed by atoms with E-state index >= 15 is 0 Å². The summed E-state index contributed by atoms with van der Waals surface area (Å²) in [5.74, 6) is 0. The molecule has 2 heterocycles. The number of hydrogen-bond acceptors (Lipinski definition) is 2. The van der Waals surface area contributed by atoms with E-state index in [0.29, 0.717) is 0 Å². The molecule has 0 N–H and O–H groups in total. The van der Waals surface area contributed by atoms with E-state index in [1.54, 1.807) is 0 Å². The predicted octanol–water partition coefficient (Wildman–Crippen LogP) is 9.87. The second-order valence-electron chi connectivity index (χ2n) is 10.6. The summed E-state index contributed by atoms with van der Waals surface area (Å²) in [6, 6.07) is 35.4. The van der Waals surface area contributed by atoms with Crippen LogP contribution in [0.15, 0.2) is 116 Å². The minimum atomic E-state index is 1.03. The average molecular weight is 515 g/mol. The molecule has 0 saturated carbocycles. The zero-order valence-electron chi connectivity index (χ0n) is 22.9. The number of aryl methyl sites for hydroxylation is 2. The molecule has 1 aliphatic rings. The number of aromatic nitrogens is 2. The number of hydrogen-bond donors (Lipinski definition) is 0. The Labute approximate surface area is 235 Å². The van der Waals surface area contributed by atoms with Crippen LogP contribution in [0.1, 0.15) is 28.9 Å². The smallest absolute Gasteiger partial charge is 0.0450 e. The van der Waals surface area contributed by atoms with Crippen LogP contribution in [0.2, 0.25) is 0 Å². The van der Waals surface area contributed by atoms with Gasteiger partial charge in [0.05, 0.1) is 0 Å². The van der Waals surface area contributed by atoms with Gasteiger partial charge in [0, 0.05) is 29.3 Å². The minimum Gasteiger partial charge on any atom is -0.262 e. The second-order valence-corrected chi connectivity index (χ2v) is 10.6. The number of fused-ring (bicyclic) bond motifs is 2. The summed E-state index contributed by atoms with van der Waals surface area (Å²) >= 11 is 0. The number of rotatable bonds is 4. The molecular weight excluding hydrogens is 484 g/mol. The lowest BCUT2D eigenvalue weighted by atomic mass is 9.80. The minimum absolute atomic E-state index is 1.03. The van der Waals surface area contributed by atoms with Gasteiger partial charge >= 0.3 is 0 Å². The van der Waals surface area contributed by atoms with Crippen LogP contribution in [0.5, 0.6) is 0 Å². The van der Waals surface area contributed by atoms with Crippen molar-refractivity contribution in [2.45, 2.75) is 26.7 Å². The van der Waals surface area contributed by atoms with E-state index in [-0.39, 0.29) is 0 Å². The van der Waals surface area contributed by atoms with Gasteiger partial charge in [-0.1, -0.05) is 84.9 Å². The van der Waals surface area contributed by atoms with Gasteiger partial charge in [-0.2, -0.15) is 0 Å². The third-order valence-corrected chi connectivity index (χ3v) is 8.08. The van der Waals surface area contributed by atoms with Gasteiger partial charge in [-0.15, -0.1) is 0 Å². The molecule has 2 aromatic heterocycles. The van der Waals surface area contributed by atoms with Crippen molar-refractivity contribution in [1.82, 2.24) is 9.97 Å². The molecule has 0 bridgehead atoms. The molecule has 0 atom stereocenters. The van der Waals surface area contributed by atoms with E-state index in [0.717, 1.165) is 24.2 Å². The first-order chi connectivity index (χ1) is 19.7. The fraction of sp³-hybridized carbons (Fsp3) is 0.105. The van der Waals surface area contributed by atoms with Crippen molar-refractivity contribution in [3.8, 4) is 44.5 Å². The lowest BCUT2D eigenvalue weighted by molar-refractivity contribution is 0.991. The maximum atomic E-state index is 4.54. The highest BCUT2D eigenvalue weighted by atomic mass is 14.7. The van der Waals surface area contributed by atoms with E-state index in [9.17, 15) is 0 Å². The first-order valence-electron chi connectivity index (χ1n) is 14.0. The van der Waals surface area contributed by atoms with Crippen molar-refractivity contribution in [2.24, 2.45) is 0 Å². The largest absolute Gasteiger partial charge is 0.262 e. The first-order valence-corrected chi connectivity index (χ1v) is 14.0. The van der Waals surface area contributed by atoms with Crippen LogP contribution in [0.3, 0.4) is 0 Å². The van der Waals surface area contributed by atoms with Gasteiger partial charge in [-0.3, -0.25) is 9.97 Å². The third-order valence-electron chi connectivity index (χ3n) is 8.08. The SMILES string of the molecule is Cc1cc(-c2ccc(-c3c4c(c(-c5cccc(-c6cccnc6C)c5)c5ccccc35)CCC=C4)cc2)ccn1. The highest BCUT2D eigenvalue weighted by Crippen LogP contribution is 2.45. The molecule has 1 aliphatic carbocycles. The summed E-state index contributed by atoms with van der Waals surface area (Å²) in [7, 11) is 0. The van der Waals surface area contributed by atoms with Gasteiger partial charge in [0.2, 0.25) is 0 Å². The quantitative estimate of drug-likeness (QED) is 0.234. The van der Waals surface area contributed by atoms with Gasteiger partial charge in [0.1, 0.15) is 0 Å². The van der Waals surface area contributed by atoms with E-state index < -0.39 is 0 Å². The maximum Gasteiger partial charge on any atom is 0.0450 e. The van der Waals surface area contributed by atoms with Gasteiger partial charge in [-0.05, 0) is 112 Å². The summed E-state index contributed by atoms with van der Waals surface area (Å²) in [6.07, 6.45) is 10.5. The Hall–Kier alpha value is -4.82. The topological polar surface area (TPSA) is 25.8 Å². The van der Waals surface area contributed by atoms with Crippen LogP contribution >= 0.6 is 0 Å². The molecule has 0 spiro atoms. The molecule has 192 valence electrons. The molecule has 0 radical (unpaired) electrons. The average Bonchev–Trinajstić information content (AvgIpc) is 3.00. The molecule has 2 nitrogen and oxygen atoms in total. The molecule has 0 saturated heterocycles. The third kappa shape index (κ3) is 4.23. The Bertz CT molecular complexity index is 1910. The monoisotopic (exact) mass is 514 g/mol. The van der Waals surface area contributed by atoms with Crippen LogP contribution in [0.4, 0.5) is 0 Å². The molecule has 0 amide bonds. The highest BCUT2D eigenvalue weighted by molar-refractivity contribution is 6.10. The zero-order valence-corrected chi connectivity index (χ0v) is 22.9. The Morgan fingerprint density at radius 2 is 1.35 bits per heavy atom. The summed E-state index contributed by atoms with van der Waals surface area (Å²) < 4.78 is 0. The second kappa shape index (κ2) is 10.1. The van der Waals surface area contributed by atoms with Crippen molar-refractivity contribution in [3.63, 3.8) is 0 Å². The Kier molecular flexibility index (Phi) is 6.09. The summed E-state index contributed by atoms with van der Waals surface area (Å²) in [5, 5.41) is 2.60. The normalized spacial score (nSPS) is 12.4. The van der Waals surface area contributed by atoms with Gasteiger partial charge in [0.15, 0.2) is 0 Å². The van der Waals surface area contributed by atoms with Crippen LogP contribution in [-0.2, 0) is 6.42 Å². The first kappa shape index (κ1) is 24.2. The number of nitrogens with zero attached hydrogens (tertiary/aromatic N) is 2. The lowest BCUT2D eigenvalue weighted by Crippen LogP contribution is -2.02. The van der Waals surface area contributed by atoms with E-state index in [2.05, 4.69) is 120 Å². The zero-order chi connectivity index (χ0) is 27.1. The van der Waals surface area contributed by atoms with Gasteiger partial charge in [-0.25, -0.2) is 0 Å². The fourth-order valence-corrected chi connectivity index (χ4v) is 6.21. The van der Waals surface area contributed by atoms with Crippen molar-refractivity contribution in [2.75, 3.05) is 0 Å². The lowest BCUT2D eigenvalue weighted by Gasteiger charge is -2.24. The van der Waals surface area contributed by atoms with Crippen molar-refractivity contribution in [3.05, 3.63) is 138 Å². The molecule has 4 aromatic carbocycles. The molecular formula is C38H30N2. The standard InChI is InChI=1S/C38H30N2/c1-25-23-29(20-22-39-25)27-16-18-28(19-17-27)37-33-11-3-5-13-35(33)38(36-14-6-4-12-34(36)37)31-10-7-9-30(24-31)32-15-8-21-40-26(32)2/h3-5,7-13,15-24H,6,14H2,1-2H3. The molecule has 7 rings (SSSR count). The number of pyridine rings is 2. The fourth-order valence-electron chi connectivity index (χ4n) is 6.21. The van der Waals surface area contributed by atoms with E-state index in [4.69, 9.17) is 0 Å². The van der Waals surface area contributed by atoms with Gasteiger partial charge in [0.25, 0.3) is 0 Å². The van der Waals surface area contributed by atoms with E-state index in [1.165, 1.54) is 66.4 Å². The predicted molar refractivity (Wildman–Crippen MR) is 168 cm³/mol. The number of allylic oxidation sites excluding steroid dienone is 1. The molecule has 40 heavy (non-hydrogen) atoms. The van der Waals surface area contributed by atoms with Crippen LogP contribution in [-0.4, -0.2) is 9.97 Å². The maximum absolute atomic E-state index is 4.54.